The molecule has 0 amide bonds. The molecule has 0 spiro atoms. The van der Waals surface area contributed by atoms with Crippen molar-refractivity contribution in [2.24, 2.45) is 0 Å². The molecule has 3 heterocycles. The van der Waals surface area contributed by atoms with Crippen molar-refractivity contribution in [1.82, 2.24) is 30.3 Å². The Labute approximate surface area is 136 Å². The van der Waals surface area contributed by atoms with Crippen LogP contribution in [0.3, 0.4) is 0 Å². The highest BCUT2D eigenvalue weighted by molar-refractivity contribution is 7.98. The Morgan fingerprint density at radius 2 is 2.17 bits per heavy atom. The fourth-order valence-electron chi connectivity index (χ4n) is 2.78. The molecule has 0 saturated heterocycles. The fraction of sp³-hybridized carbons (Fsp3) is 0.500. The number of aromatic nitrogens is 6. The summed E-state index contributed by atoms with van der Waals surface area (Å²) in [5.74, 6) is 2.11. The largest absolute Gasteiger partial charge is 0.461 e. The lowest BCUT2D eigenvalue weighted by Crippen LogP contribution is -2.15. The van der Waals surface area contributed by atoms with Crippen LogP contribution in [0.25, 0.3) is 11.6 Å². The molecule has 9 heteroatoms. The number of rotatable bonds is 5. The molecule has 0 aliphatic heterocycles. The first kappa shape index (κ1) is 14.4. The zero-order chi connectivity index (χ0) is 15.5. The van der Waals surface area contributed by atoms with E-state index in [-0.39, 0.29) is 0 Å². The number of thioether (sulfide) groups is 1. The van der Waals surface area contributed by atoms with E-state index in [0.717, 1.165) is 18.0 Å². The van der Waals surface area contributed by atoms with Gasteiger partial charge in [-0.1, -0.05) is 36.2 Å². The molecule has 1 aliphatic rings. The average Bonchev–Trinajstić information content (AvgIpc) is 3.33. The van der Waals surface area contributed by atoms with Gasteiger partial charge in [0.2, 0.25) is 16.9 Å². The molecule has 0 N–H and O–H groups in total. The van der Waals surface area contributed by atoms with Crippen LogP contribution >= 0.6 is 11.8 Å². The van der Waals surface area contributed by atoms with E-state index in [9.17, 15) is 0 Å². The van der Waals surface area contributed by atoms with Crippen LogP contribution in [0.5, 0.6) is 0 Å². The summed E-state index contributed by atoms with van der Waals surface area (Å²) in [6.07, 6.45) is 7.65. The maximum absolute atomic E-state index is 5.25. The van der Waals surface area contributed by atoms with E-state index >= 15 is 0 Å². The van der Waals surface area contributed by atoms with E-state index in [1.165, 1.54) is 31.0 Å². The Balaban J connectivity index is 1.42. The maximum atomic E-state index is 5.25. The minimum Gasteiger partial charge on any atom is -0.461 e. The van der Waals surface area contributed by atoms with Crippen LogP contribution in [0.2, 0.25) is 0 Å². The van der Waals surface area contributed by atoms with Gasteiger partial charge in [0.25, 0.3) is 0 Å². The monoisotopic (exact) mass is 332 g/mol. The van der Waals surface area contributed by atoms with Crippen molar-refractivity contribution in [2.45, 2.75) is 49.1 Å². The molecule has 0 unspecified atom stereocenters. The Hall–Kier alpha value is -2.16. The molecule has 120 valence electrons. The van der Waals surface area contributed by atoms with Crippen molar-refractivity contribution < 1.29 is 8.94 Å². The van der Waals surface area contributed by atoms with Gasteiger partial charge in [0.15, 0.2) is 5.76 Å². The van der Waals surface area contributed by atoms with Gasteiger partial charge < -0.3 is 8.94 Å². The van der Waals surface area contributed by atoms with Crippen LogP contribution < -0.4 is 0 Å². The number of nitrogens with zero attached hydrogens (tertiary/aromatic N) is 6. The fourth-order valence-corrected chi connectivity index (χ4v) is 3.56. The SMILES string of the molecule is c1coc(-c2noc(CSc3nnnn3C3CCCCC3)n2)c1. The van der Waals surface area contributed by atoms with Gasteiger partial charge >= 0.3 is 0 Å². The van der Waals surface area contributed by atoms with Crippen LogP contribution in [0.15, 0.2) is 32.5 Å². The Morgan fingerprint density at radius 1 is 1.26 bits per heavy atom. The third kappa shape index (κ3) is 3.14. The van der Waals surface area contributed by atoms with Crippen LogP contribution in [-0.4, -0.2) is 30.3 Å². The second-order valence-electron chi connectivity index (χ2n) is 5.48. The molecule has 8 nitrogen and oxygen atoms in total. The van der Waals surface area contributed by atoms with E-state index in [0.29, 0.717) is 29.3 Å². The van der Waals surface area contributed by atoms with Gasteiger partial charge in [0.1, 0.15) is 0 Å². The lowest BCUT2D eigenvalue weighted by Gasteiger charge is -2.21. The van der Waals surface area contributed by atoms with Gasteiger partial charge in [-0.15, -0.1) is 5.10 Å². The summed E-state index contributed by atoms with van der Waals surface area (Å²) in [6.45, 7) is 0. The highest BCUT2D eigenvalue weighted by Gasteiger charge is 2.21. The van der Waals surface area contributed by atoms with Gasteiger partial charge in [-0.25, -0.2) is 4.68 Å². The molecule has 3 aromatic heterocycles. The minimum atomic E-state index is 0.405. The van der Waals surface area contributed by atoms with Crippen molar-refractivity contribution in [3.63, 3.8) is 0 Å². The molecule has 1 saturated carbocycles. The van der Waals surface area contributed by atoms with Crippen molar-refractivity contribution in [3.05, 3.63) is 24.3 Å². The molecule has 23 heavy (non-hydrogen) atoms. The number of hydrogen-bond donors (Lipinski definition) is 0. The zero-order valence-corrected chi connectivity index (χ0v) is 13.3. The van der Waals surface area contributed by atoms with E-state index in [2.05, 4.69) is 25.7 Å². The van der Waals surface area contributed by atoms with E-state index in [4.69, 9.17) is 8.94 Å². The van der Waals surface area contributed by atoms with Crippen molar-refractivity contribution in [1.29, 1.82) is 0 Å². The summed E-state index contributed by atoms with van der Waals surface area (Å²) in [4.78, 5) is 4.32. The molecular formula is C14H16N6O2S. The predicted molar refractivity (Wildman–Crippen MR) is 81.5 cm³/mol. The summed E-state index contributed by atoms with van der Waals surface area (Å²) in [5.41, 5.74) is 0. The van der Waals surface area contributed by atoms with Crippen molar-refractivity contribution in [2.75, 3.05) is 0 Å². The first-order valence-corrected chi connectivity index (χ1v) is 8.66. The second kappa shape index (κ2) is 6.53. The smallest absolute Gasteiger partial charge is 0.238 e. The average molecular weight is 332 g/mol. The van der Waals surface area contributed by atoms with Gasteiger partial charge in [-0.3, -0.25) is 0 Å². The highest BCUT2D eigenvalue weighted by atomic mass is 32.2. The summed E-state index contributed by atoms with van der Waals surface area (Å²) in [5, 5.41) is 16.8. The first-order chi connectivity index (χ1) is 11.4. The summed E-state index contributed by atoms with van der Waals surface area (Å²) in [7, 11) is 0. The Morgan fingerprint density at radius 3 is 3.00 bits per heavy atom. The predicted octanol–water partition coefficient (Wildman–Crippen LogP) is 3.11. The molecule has 4 rings (SSSR count). The van der Waals surface area contributed by atoms with Crippen LogP contribution in [-0.2, 0) is 5.75 Å². The summed E-state index contributed by atoms with van der Waals surface area (Å²) >= 11 is 1.51. The highest BCUT2D eigenvalue weighted by Crippen LogP contribution is 2.31. The van der Waals surface area contributed by atoms with E-state index in [1.54, 1.807) is 18.4 Å². The minimum absolute atomic E-state index is 0.405. The number of furan rings is 1. The molecule has 0 atom stereocenters. The molecule has 0 bridgehead atoms. The van der Waals surface area contributed by atoms with Gasteiger partial charge in [-0.05, 0) is 35.4 Å². The van der Waals surface area contributed by atoms with Gasteiger partial charge in [0, 0.05) is 0 Å². The molecule has 0 aromatic carbocycles. The topological polar surface area (TPSA) is 95.7 Å². The van der Waals surface area contributed by atoms with Crippen LogP contribution in [0.4, 0.5) is 0 Å². The standard InChI is InChI=1S/C14H16N6O2S/c1-2-5-10(6-3-1)20-14(16-18-19-20)23-9-12-15-13(17-22-12)11-7-4-8-21-11/h4,7-8,10H,1-3,5-6,9H2. The lowest BCUT2D eigenvalue weighted by molar-refractivity contribution is 0.307. The van der Waals surface area contributed by atoms with Crippen molar-refractivity contribution >= 4 is 11.8 Å². The molecule has 1 aliphatic carbocycles. The zero-order valence-electron chi connectivity index (χ0n) is 12.5. The molecule has 1 fully saturated rings. The van der Waals surface area contributed by atoms with Crippen LogP contribution in [0, 0.1) is 0 Å². The second-order valence-corrected chi connectivity index (χ2v) is 6.42. The Bertz CT molecular complexity index is 747. The molecular weight excluding hydrogens is 316 g/mol. The maximum Gasteiger partial charge on any atom is 0.238 e. The lowest BCUT2D eigenvalue weighted by atomic mass is 9.96. The normalized spacial score (nSPS) is 16.0. The third-order valence-corrected chi connectivity index (χ3v) is 4.84. The number of tetrazole rings is 1. The summed E-state index contributed by atoms with van der Waals surface area (Å²) < 4.78 is 12.4. The summed E-state index contributed by atoms with van der Waals surface area (Å²) in [6, 6.07) is 3.99. The molecule has 0 radical (unpaired) electrons. The van der Waals surface area contributed by atoms with E-state index < -0.39 is 0 Å². The molecule has 3 aromatic rings. The van der Waals surface area contributed by atoms with Crippen LogP contribution in [0.1, 0.15) is 44.0 Å². The first-order valence-electron chi connectivity index (χ1n) is 7.67. The Kier molecular flexibility index (Phi) is 4.10. The van der Waals surface area contributed by atoms with E-state index in [1.807, 2.05) is 4.68 Å². The quantitative estimate of drug-likeness (QED) is 0.658. The number of hydrogen-bond acceptors (Lipinski definition) is 8. The van der Waals surface area contributed by atoms with Gasteiger partial charge in [-0.2, -0.15) is 4.98 Å². The van der Waals surface area contributed by atoms with Crippen molar-refractivity contribution in [3.8, 4) is 11.6 Å². The third-order valence-electron chi connectivity index (χ3n) is 3.92. The van der Waals surface area contributed by atoms with Gasteiger partial charge in [0.05, 0.1) is 18.1 Å².